The molecule has 1 aromatic carbocycles. The van der Waals surface area contributed by atoms with Crippen molar-refractivity contribution in [3.05, 3.63) is 36.2 Å². The largest absolute Gasteiger partial charge is 0.386 e. The summed E-state index contributed by atoms with van der Waals surface area (Å²) < 4.78 is 0. The van der Waals surface area contributed by atoms with E-state index in [-0.39, 0.29) is 6.42 Å². The van der Waals surface area contributed by atoms with Gasteiger partial charge in [-0.2, -0.15) is 5.26 Å². The molecule has 1 unspecified atom stereocenters. The molecular formula is C11H9N3O. The Morgan fingerprint density at radius 1 is 1.33 bits per heavy atom. The number of para-hydroxylation sites is 2. The van der Waals surface area contributed by atoms with Gasteiger partial charge in [0.25, 0.3) is 0 Å². The Balaban J connectivity index is 2.43. The molecule has 0 bridgehead atoms. The first-order valence-electron chi connectivity index (χ1n) is 4.58. The fourth-order valence-corrected chi connectivity index (χ4v) is 1.32. The van der Waals surface area contributed by atoms with Crippen LogP contribution in [0.1, 0.15) is 18.2 Å². The fourth-order valence-electron chi connectivity index (χ4n) is 1.32. The summed E-state index contributed by atoms with van der Waals surface area (Å²) in [6, 6.07) is 9.31. The van der Waals surface area contributed by atoms with E-state index in [4.69, 9.17) is 5.26 Å². The molecule has 1 N–H and O–H groups in total. The van der Waals surface area contributed by atoms with Crippen LogP contribution in [0.2, 0.25) is 0 Å². The molecule has 0 spiro atoms. The lowest BCUT2D eigenvalue weighted by atomic mass is 10.2. The minimum atomic E-state index is -0.855. The zero-order chi connectivity index (χ0) is 10.7. The van der Waals surface area contributed by atoms with Gasteiger partial charge in [-0.15, -0.1) is 0 Å². The van der Waals surface area contributed by atoms with Crippen LogP contribution >= 0.6 is 0 Å². The Hall–Kier alpha value is -1.99. The lowest BCUT2D eigenvalue weighted by Gasteiger charge is -2.05. The Morgan fingerprint density at radius 3 is 2.80 bits per heavy atom. The van der Waals surface area contributed by atoms with Crippen LogP contribution in [0.4, 0.5) is 0 Å². The van der Waals surface area contributed by atoms with Crippen LogP contribution in [-0.4, -0.2) is 15.1 Å². The highest BCUT2D eigenvalue weighted by atomic mass is 16.3. The van der Waals surface area contributed by atoms with Crippen molar-refractivity contribution in [3.63, 3.8) is 0 Å². The predicted octanol–water partition coefficient (Wildman–Crippen LogP) is 1.58. The average Bonchev–Trinajstić information content (AvgIpc) is 2.29. The van der Waals surface area contributed by atoms with Crippen LogP contribution < -0.4 is 0 Å². The maximum absolute atomic E-state index is 9.55. The zero-order valence-electron chi connectivity index (χ0n) is 7.96. The van der Waals surface area contributed by atoms with E-state index in [2.05, 4.69) is 9.97 Å². The van der Waals surface area contributed by atoms with Crippen molar-refractivity contribution in [3.8, 4) is 6.07 Å². The summed E-state index contributed by atoms with van der Waals surface area (Å²) in [5.74, 6) is 0. The quantitative estimate of drug-likeness (QED) is 0.797. The van der Waals surface area contributed by atoms with Crippen LogP contribution in [0.5, 0.6) is 0 Å². The lowest BCUT2D eigenvalue weighted by Crippen LogP contribution is -2.00. The van der Waals surface area contributed by atoms with Gasteiger partial charge in [0, 0.05) is 0 Å². The van der Waals surface area contributed by atoms with E-state index in [0.717, 1.165) is 11.0 Å². The molecule has 4 heteroatoms. The number of aromatic nitrogens is 2. The second-order valence-corrected chi connectivity index (χ2v) is 3.16. The van der Waals surface area contributed by atoms with Gasteiger partial charge in [0.2, 0.25) is 0 Å². The average molecular weight is 199 g/mol. The van der Waals surface area contributed by atoms with E-state index in [1.54, 1.807) is 0 Å². The molecule has 15 heavy (non-hydrogen) atoms. The molecule has 0 amide bonds. The molecular weight excluding hydrogens is 190 g/mol. The van der Waals surface area contributed by atoms with Gasteiger partial charge in [-0.05, 0) is 12.1 Å². The van der Waals surface area contributed by atoms with Crippen molar-refractivity contribution >= 4 is 11.0 Å². The highest BCUT2D eigenvalue weighted by Crippen LogP contribution is 2.15. The minimum absolute atomic E-state index is 0.0347. The monoisotopic (exact) mass is 199 g/mol. The zero-order valence-corrected chi connectivity index (χ0v) is 7.96. The second kappa shape index (κ2) is 4.03. The highest BCUT2D eigenvalue weighted by molar-refractivity contribution is 5.73. The summed E-state index contributed by atoms with van der Waals surface area (Å²) in [7, 11) is 0. The standard InChI is InChI=1S/C11H9N3O/c12-6-5-11(15)10-7-13-8-3-1-2-4-9(8)14-10/h1-4,7,11,15H,5H2. The number of aliphatic hydroxyl groups excluding tert-OH is 1. The van der Waals surface area contributed by atoms with E-state index < -0.39 is 6.10 Å². The number of hydrogen-bond donors (Lipinski definition) is 1. The van der Waals surface area contributed by atoms with Crippen LogP contribution in [0, 0.1) is 11.3 Å². The SMILES string of the molecule is N#CCC(O)c1cnc2ccccc2n1. The van der Waals surface area contributed by atoms with Gasteiger partial charge in [-0.3, -0.25) is 4.98 Å². The van der Waals surface area contributed by atoms with E-state index in [0.29, 0.717) is 5.69 Å². The first-order chi connectivity index (χ1) is 7.31. The van der Waals surface area contributed by atoms with E-state index in [1.807, 2.05) is 30.3 Å². The number of hydrogen-bond acceptors (Lipinski definition) is 4. The van der Waals surface area contributed by atoms with Crippen molar-refractivity contribution in [2.45, 2.75) is 12.5 Å². The molecule has 0 aliphatic rings. The first-order valence-corrected chi connectivity index (χ1v) is 4.58. The molecule has 4 nitrogen and oxygen atoms in total. The molecule has 0 aliphatic carbocycles. The molecule has 2 aromatic rings. The van der Waals surface area contributed by atoms with Crippen LogP contribution in [0.25, 0.3) is 11.0 Å². The highest BCUT2D eigenvalue weighted by Gasteiger charge is 2.09. The molecule has 2 rings (SSSR count). The number of nitrogens with zero attached hydrogens (tertiary/aromatic N) is 3. The van der Waals surface area contributed by atoms with Crippen molar-refractivity contribution in [1.29, 1.82) is 5.26 Å². The molecule has 0 radical (unpaired) electrons. The molecule has 0 saturated heterocycles. The Kier molecular flexibility index (Phi) is 2.57. The van der Waals surface area contributed by atoms with Crippen molar-refractivity contribution < 1.29 is 5.11 Å². The lowest BCUT2D eigenvalue weighted by molar-refractivity contribution is 0.178. The van der Waals surface area contributed by atoms with Gasteiger partial charge in [-0.1, -0.05) is 12.1 Å². The molecule has 1 heterocycles. The number of aliphatic hydroxyl groups is 1. The molecule has 1 aromatic heterocycles. The summed E-state index contributed by atoms with van der Waals surface area (Å²) >= 11 is 0. The van der Waals surface area contributed by atoms with Gasteiger partial charge >= 0.3 is 0 Å². The van der Waals surface area contributed by atoms with Crippen LogP contribution in [-0.2, 0) is 0 Å². The third-order valence-electron chi connectivity index (χ3n) is 2.09. The smallest absolute Gasteiger partial charge is 0.110 e. The molecule has 0 aliphatic heterocycles. The van der Waals surface area contributed by atoms with Crippen molar-refractivity contribution in [1.82, 2.24) is 9.97 Å². The summed E-state index contributed by atoms with van der Waals surface area (Å²) in [6.07, 6.45) is 0.685. The number of nitriles is 1. The first kappa shape index (κ1) is 9.56. The molecule has 0 fully saturated rings. The topological polar surface area (TPSA) is 69.8 Å². The summed E-state index contributed by atoms with van der Waals surface area (Å²) in [4.78, 5) is 8.38. The maximum Gasteiger partial charge on any atom is 0.110 e. The van der Waals surface area contributed by atoms with E-state index >= 15 is 0 Å². The molecule has 74 valence electrons. The number of fused-ring (bicyclic) bond motifs is 1. The second-order valence-electron chi connectivity index (χ2n) is 3.16. The van der Waals surface area contributed by atoms with Crippen LogP contribution in [0.15, 0.2) is 30.5 Å². The molecule has 1 atom stereocenters. The fraction of sp³-hybridized carbons (Fsp3) is 0.182. The minimum Gasteiger partial charge on any atom is -0.386 e. The van der Waals surface area contributed by atoms with Gasteiger partial charge in [0.05, 0.1) is 35.4 Å². The maximum atomic E-state index is 9.55. The van der Waals surface area contributed by atoms with Gasteiger partial charge in [-0.25, -0.2) is 4.98 Å². The van der Waals surface area contributed by atoms with Crippen LogP contribution in [0.3, 0.4) is 0 Å². The Morgan fingerprint density at radius 2 is 2.07 bits per heavy atom. The Bertz CT molecular complexity index is 518. The third-order valence-corrected chi connectivity index (χ3v) is 2.09. The number of benzene rings is 1. The third kappa shape index (κ3) is 1.92. The Labute approximate surface area is 86.8 Å². The van der Waals surface area contributed by atoms with E-state index in [1.165, 1.54) is 6.20 Å². The van der Waals surface area contributed by atoms with Crippen molar-refractivity contribution in [2.24, 2.45) is 0 Å². The van der Waals surface area contributed by atoms with Gasteiger partial charge < -0.3 is 5.11 Å². The number of rotatable bonds is 2. The van der Waals surface area contributed by atoms with Gasteiger partial charge in [0.15, 0.2) is 0 Å². The van der Waals surface area contributed by atoms with Crippen molar-refractivity contribution in [2.75, 3.05) is 0 Å². The summed E-state index contributed by atoms with van der Waals surface area (Å²) in [5, 5.41) is 18.0. The normalized spacial score (nSPS) is 12.3. The summed E-state index contributed by atoms with van der Waals surface area (Å²) in [6.45, 7) is 0. The van der Waals surface area contributed by atoms with Gasteiger partial charge in [0.1, 0.15) is 6.10 Å². The predicted molar refractivity (Wildman–Crippen MR) is 54.7 cm³/mol. The molecule has 0 saturated carbocycles. The van der Waals surface area contributed by atoms with E-state index in [9.17, 15) is 5.11 Å². The summed E-state index contributed by atoms with van der Waals surface area (Å²) in [5.41, 5.74) is 1.95.